The highest BCUT2D eigenvalue weighted by Gasteiger charge is 2.50. The van der Waals surface area contributed by atoms with Gasteiger partial charge in [-0.05, 0) is 18.1 Å². The van der Waals surface area contributed by atoms with Crippen molar-refractivity contribution in [2.75, 3.05) is 6.61 Å². The molecule has 0 bridgehead atoms. The average Bonchev–Trinajstić information content (AvgIpc) is 2.94. The molecule has 118 valence electrons. The van der Waals surface area contributed by atoms with Gasteiger partial charge >= 0.3 is 11.9 Å². The molecule has 3 atom stereocenters. The normalized spacial score (nSPS) is 23.3. The Morgan fingerprint density at radius 3 is 2.13 bits per heavy atom. The Balaban J connectivity index is 2.03. The number of carbonyl (C=O) groups is 2. The minimum atomic E-state index is -0.928. The molecule has 1 aliphatic rings. The predicted octanol–water partition coefficient (Wildman–Crippen LogP) is 3.25. The van der Waals surface area contributed by atoms with Crippen molar-refractivity contribution in [2.24, 2.45) is 5.92 Å². The summed E-state index contributed by atoms with van der Waals surface area (Å²) in [6.45, 7) is 1.96. The number of hydrogen-bond donors (Lipinski definition) is 0. The zero-order valence-corrected chi connectivity index (χ0v) is 12.8. The first-order valence-corrected chi connectivity index (χ1v) is 7.69. The van der Waals surface area contributed by atoms with Gasteiger partial charge in [-0.25, -0.2) is 0 Å². The number of hydrogen-bond acceptors (Lipinski definition) is 4. The summed E-state index contributed by atoms with van der Waals surface area (Å²) in [7, 11) is 0. The summed E-state index contributed by atoms with van der Waals surface area (Å²) in [5.74, 6) is -2.36. The molecule has 1 saturated heterocycles. The second-order valence-corrected chi connectivity index (χ2v) is 5.43. The summed E-state index contributed by atoms with van der Waals surface area (Å²) >= 11 is 0. The third-order valence-corrected chi connectivity index (χ3v) is 4.04. The maximum atomic E-state index is 12.3. The zero-order chi connectivity index (χ0) is 16.2. The molecule has 1 aliphatic heterocycles. The van der Waals surface area contributed by atoms with Gasteiger partial charge in [0.25, 0.3) is 0 Å². The lowest BCUT2D eigenvalue weighted by atomic mass is 9.82. The van der Waals surface area contributed by atoms with Crippen LogP contribution in [-0.2, 0) is 19.1 Å². The summed E-state index contributed by atoms with van der Waals surface area (Å²) in [6, 6.07) is 19.0. The van der Waals surface area contributed by atoms with Gasteiger partial charge in [0.15, 0.2) is 5.92 Å². The Morgan fingerprint density at radius 1 is 1.00 bits per heavy atom. The van der Waals surface area contributed by atoms with Crippen molar-refractivity contribution in [3.05, 3.63) is 71.8 Å². The van der Waals surface area contributed by atoms with Gasteiger partial charge in [-0.1, -0.05) is 60.7 Å². The molecule has 1 unspecified atom stereocenters. The molecule has 0 N–H and O–H groups in total. The lowest BCUT2D eigenvalue weighted by Crippen LogP contribution is -2.27. The SMILES string of the molecule is CCOC(=O)C1C(=O)O[C@H](c2ccccc2)[C@H]1c1ccccc1. The first-order valence-electron chi connectivity index (χ1n) is 7.69. The van der Waals surface area contributed by atoms with E-state index < -0.39 is 24.0 Å². The Bertz CT molecular complexity index is 681. The van der Waals surface area contributed by atoms with E-state index in [2.05, 4.69) is 0 Å². The molecule has 0 saturated carbocycles. The van der Waals surface area contributed by atoms with E-state index in [0.717, 1.165) is 11.1 Å². The van der Waals surface area contributed by atoms with Crippen LogP contribution < -0.4 is 0 Å². The fourth-order valence-corrected chi connectivity index (χ4v) is 3.03. The van der Waals surface area contributed by atoms with E-state index in [-0.39, 0.29) is 12.5 Å². The van der Waals surface area contributed by atoms with Gasteiger partial charge in [-0.3, -0.25) is 9.59 Å². The zero-order valence-electron chi connectivity index (χ0n) is 12.8. The fraction of sp³-hybridized carbons (Fsp3) is 0.263. The van der Waals surface area contributed by atoms with Crippen molar-refractivity contribution in [3.8, 4) is 0 Å². The Hall–Kier alpha value is -2.62. The molecule has 4 heteroatoms. The van der Waals surface area contributed by atoms with Crippen molar-refractivity contribution >= 4 is 11.9 Å². The third kappa shape index (κ3) is 2.97. The van der Waals surface area contributed by atoms with Crippen LogP contribution in [0.1, 0.15) is 30.1 Å². The van der Waals surface area contributed by atoms with E-state index in [1.807, 2.05) is 60.7 Å². The van der Waals surface area contributed by atoms with Crippen LogP contribution in [-0.4, -0.2) is 18.5 Å². The quantitative estimate of drug-likeness (QED) is 0.642. The van der Waals surface area contributed by atoms with E-state index in [0.29, 0.717) is 0 Å². The second-order valence-electron chi connectivity index (χ2n) is 5.43. The van der Waals surface area contributed by atoms with Crippen LogP contribution in [0.3, 0.4) is 0 Å². The highest BCUT2D eigenvalue weighted by molar-refractivity contribution is 5.98. The van der Waals surface area contributed by atoms with Crippen LogP contribution in [0.4, 0.5) is 0 Å². The van der Waals surface area contributed by atoms with Gasteiger partial charge < -0.3 is 9.47 Å². The molecular weight excluding hydrogens is 292 g/mol. The van der Waals surface area contributed by atoms with Crippen LogP contribution in [0.2, 0.25) is 0 Å². The lowest BCUT2D eigenvalue weighted by Gasteiger charge is -2.21. The Labute approximate surface area is 135 Å². The van der Waals surface area contributed by atoms with E-state index in [9.17, 15) is 9.59 Å². The molecule has 2 aromatic rings. The highest BCUT2D eigenvalue weighted by Crippen LogP contribution is 2.46. The van der Waals surface area contributed by atoms with Crippen LogP contribution in [0, 0.1) is 5.92 Å². The standard InChI is InChI=1S/C19H18O4/c1-2-22-18(20)16-15(13-9-5-3-6-10-13)17(23-19(16)21)14-11-7-4-8-12-14/h3-12,15-17H,2H2,1H3/t15-,16?,17+/m0/s1. The third-order valence-electron chi connectivity index (χ3n) is 4.04. The van der Waals surface area contributed by atoms with Crippen molar-refractivity contribution in [3.63, 3.8) is 0 Å². The van der Waals surface area contributed by atoms with E-state index in [4.69, 9.17) is 9.47 Å². The maximum Gasteiger partial charge on any atom is 0.321 e. The molecule has 0 aliphatic carbocycles. The van der Waals surface area contributed by atoms with Gasteiger partial charge in [0.2, 0.25) is 0 Å². The summed E-state index contributed by atoms with van der Waals surface area (Å²) in [5, 5.41) is 0. The maximum absolute atomic E-state index is 12.3. The van der Waals surface area contributed by atoms with Crippen LogP contribution in [0.25, 0.3) is 0 Å². The molecule has 0 amide bonds. The lowest BCUT2D eigenvalue weighted by molar-refractivity contribution is -0.156. The van der Waals surface area contributed by atoms with Crippen molar-refractivity contribution in [1.29, 1.82) is 0 Å². The molecule has 0 spiro atoms. The summed E-state index contributed by atoms with van der Waals surface area (Å²) < 4.78 is 10.6. The van der Waals surface area contributed by atoms with Crippen LogP contribution in [0.5, 0.6) is 0 Å². The number of carbonyl (C=O) groups excluding carboxylic acids is 2. The number of cyclic esters (lactones) is 1. The molecule has 23 heavy (non-hydrogen) atoms. The molecule has 2 aromatic carbocycles. The Morgan fingerprint density at radius 2 is 1.57 bits per heavy atom. The minimum Gasteiger partial charge on any atom is -0.465 e. The number of esters is 2. The second kappa shape index (κ2) is 6.65. The van der Waals surface area contributed by atoms with Gasteiger partial charge in [0, 0.05) is 5.92 Å². The molecule has 1 heterocycles. The number of benzene rings is 2. The van der Waals surface area contributed by atoms with Crippen LogP contribution >= 0.6 is 0 Å². The van der Waals surface area contributed by atoms with Gasteiger partial charge in [-0.2, -0.15) is 0 Å². The molecule has 0 radical (unpaired) electrons. The average molecular weight is 310 g/mol. The fourth-order valence-electron chi connectivity index (χ4n) is 3.03. The smallest absolute Gasteiger partial charge is 0.321 e. The van der Waals surface area contributed by atoms with Crippen molar-refractivity contribution < 1.29 is 19.1 Å². The molecule has 3 rings (SSSR count). The predicted molar refractivity (Wildman–Crippen MR) is 84.6 cm³/mol. The number of rotatable bonds is 4. The summed E-state index contributed by atoms with van der Waals surface area (Å²) in [5.41, 5.74) is 1.77. The highest BCUT2D eigenvalue weighted by atomic mass is 16.6. The van der Waals surface area contributed by atoms with Crippen LogP contribution in [0.15, 0.2) is 60.7 Å². The number of ether oxygens (including phenoxy) is 2. The molecular formula is C19H18O4. The first kappa shape index (κ1) is 15.3. The monoisotopic (exact) mass is 310 g/mol. The molecule has 1 fully saturated rings. The van der Waals surface area contributed by atoms with E-state index >= 15 is 0 Å². The largest absolute Gasteiger partial charge is 0.465 e. The molecule has 4 nitrogen and oxygen atoms in total. The van der Waals surface area contributed by atoms with Crippen molar-refractivity contribution in [2.45, 2.75) is 18.9 Å². The van der Waals surface area contributed by atoms with Crippen molar-refractivity contribution in [1.82, 2.24) is 0 Å². The van der Waals surface area contributed by atoms with Gasteiger partial charge in [-0.15, -0.1) is 0 Å². The summed E-state index contributed by atoms with van der Waals surface area (Å²) in [6.07, 6.45) is -0.486. The van der Waals surface area contributed by atoms with E-state index in [1.54, 1.807) is 6.92 Å². The Kier molecular flexibility index (Phi) is 4.42. The van der Waals surface area contributed by atoms with E-state index in [1.165, 1.54) is 0 Å². The van der Waals surface area contributed by atoms with Gasteiger partial charge in [0.05, 0.1) is 6.61 Å². The minimum absolute atomic E-state index is 0.236. The topological polar surface area (TPSA) is 52.6 Å². The first-order chi connectivity index (χ1) is 11.2. The van der Waals surface area contributed by atoms with Gasteiger partial charge in [0.1, 0.15) is 6.10 Å². The molecule has 0 aromatic heterocycles. The summed E-state index contributed by atoms with van der Waals surface area (Å²) in [4.78, 5) is 24.6.